The number of hydrogen-bond donors (Lipinski definition) is 1. The van der Waals surface area contributed by atoms with E-state index in [4.69, 9.17) is 5.11 Å². The summed E-state index contributed by atoms with van der Waals surface area (Å²) in [5.74, 6) is 0. The molecule has 0 atom stereocenters. The first-order valence-corrected chi connectivity index (χ1v) is 8.65. The van der Waals surface area contributed by atoms with Crippen LogP contribution in [0.2, 0.25) is 0 Å². The van der Waals surface area contributed by atoms with E-state index in [1.54, 1.807) is 6.08 Å². The van der Waals surface area contributed by atoms with Crippen LogP contribution in [0.4, 0.5) is 0 Å². The predicted octanol–water partition coefficient (Wildman–Crippen LogP) is 5.95. The topological polar surface area (TPSA) is 20.2 Å². The summed E-state index contributed by atoms with van der Waals surface area (Å²) in [5.41, 5.74) is 6.59. The molecule has 0 unspecified atom stereocenters. The molecule has 1 heteroatoms. The minimum atomic E-state index is 0.0737. The molecule has 0 heterocycles. The molecular formula is C23H30O. The minimum absolute atomic E-state index is 0.0737. The third-order valence-corrected chi connectivity index (χ3v) is 4.32. The first kappa shape index (κ1) is 18.5. The molecule has 0 radical (unpaired) electrons. The van der Waals surface area contributed by atoms with Gasteiger partial charge in [0.2, 0.25) is 0 Å². The third-order valence-electron chi connectivity index (χ3n) is 4.32. The zero-order chi connectivity index (χ0) is 18.0. The Morgan fingerprint density at radius 1 is 0.750 bits per heavy atom. The Morgan fingerprint density at radius 3 is 1.67 bits per heavy atom. The monoisotopic (exact) mass is 322 g/mol. The Morgan fingerprint density at radius 2 is 1.25 bits per heavy atom. The maximum absolute atomic E-state index is 8.89. The highest BCUT2D eigenvalue weighted by Gasteiger charge is 2.20. The van der Waals surface area contributed by atoms with Crippen molar-refractivity contribution in [3.8, 4) is 11.1 Å². The Kier molecular flexibility index (Phi) is 5.35. The van der Waals surface area contributed by atoms with Crippen LogP contribution >= 0.6 is 0 Å². The third kappa shape index (κ3) is 4.58. The summed E-state index contributed by atoms with van der Waals surface area (Å²) in [6, 6.07) is 15.5. The molecule has 0 aliphatic carbocycles. The predicted molar refractivity (Wildman–Crippen MR) is 105 cm³/mol. The van der Waals surface area contributed by atoms with E-state index >= 15 is 0 Å². The lowest BCUT2D eigenvalue weighted by Gasteiger charge is -2.26. The number of benzene rings is 2. The van der Waals surface area contributed by atoms with Gasteiger partial charge in [-0.25, -0.2) is 0 Å². The fraction of sp³-hybridized carbons (Fsp3) is 0.391. The van der Waals surface area contributed by atoms with Gasteiger partial charge in [0.25, 0.3) is 0 Å². The zero-order valence-corrected chi connectivity index (χ0v) is 15.9. The van der Waals surface area contributed by atoms with Crippen molar-refractivity contribution < 1.29 is 5.11 Å². The molecule has 24 heavy (non-hydrogen) atoms. The van der Waals surface area contributed by atoms with E-state index in [2.05, 4.69) is 84.0 Å². The van der Waals surface area contributed by atoms with Gasteiger partial charge in [-0.2, -0.15) is 0 Å². The summed E-state index contributed by atoms with van der Waals surface area (Å²) < 4.78 is 0. The van der Waals surface area contributed by atoms with Crippen LogP contribution < -0.4 is 0 Å². The van der Waals surface area contributed by atoms with Crippen molar-refractivity contribution in [1.82, 2.24) is 0 Å². The van der Waals surface area contributed by atoms with Crippen LogP contribution in [0.15, 0.2) is 48.5 Å². The van der Waals surface area contributed by atoms with Crippen LogP contribution in [0.5, 0.6) is 0 Å². The molecule has 0 bridgehead atoms. The van der Waals surface area contributed by atoms with Crippen molar-refractivity contribution in [3.05, 3.63) is 65.2 Å². The summed E-state index contributed by atoms with van der Waals surface area (Å²) in [5, 5.41) is 8.89. The van der Waals surface area contributed by atoms with E-state index in [1.165, 1.54) is 22.3 Å². The Bertz CT molecular complexity index is 675. The van der Waals surface area contributed by atoms with Gasteiger partial charge in [0.05, 0.1) is 6.61 Å². The first-order chi connectivity index (χ1) is 11.1. The average Bonchev–Trinajstić information content (AvgIpc) is 2.51. The molecular weight excluding hydrogens is 292 g/mol. The van der Waals surface area contributed by atoms with Crippen LogP contribution in [-0.2, 0) is 10.8 Å². The van der Waals surface area contributed by atoms with E-state index in [0.29, 0.717) is 0 Å². The number of aliphatic hydroxyl groups is 1. The largest absolute Gasteiger partial charge is 0.392 e. The van der Waals surface area contributed by atoms with Gasteiger partial charge in [0, 0.05) is 0 Å². The number of hydrogen-bond acceptors (Lipinski definition) is 1. The number of rotatable bonds is 3. The van der Waals surface area contributed by atoms with E-state index < -0.39 is 0 Å². The van der Waals surface area contributed by atoms with Crippen molar-refractivity contribution in [2.45, 2.75) is 52.4 Å². The lowest BCUT2D eigenvalue weighted by Crippen LogP contribution is -2.16. The summed E-state index contributed by atoms with van der Waals surface area (Å²) in [7, 11) is 0. The Labute approximate surface area is 147 Å². The smallest absolute Gasteiger partial charge is 0.0615 e. The van der Waals surface area contributed by atoms with E-state index in [9.17, 15) is 0 Å². The maximum atomic E-state index is 8.89. The summed E-state index contributed by atoms with van der Waals surface area (Å²) in [4.78, 5) is 0. The SMILES string of the molecule is CC(C)(C)c1cc(-c2ccc(/C=C/CO)cc2)cc(C(C)(C)C)c1. The highest BCUT2D eigenvalue weighted by molar-refractivity contribution is 5.68. The van der Waals surface area contributed by atoms with E-state index in [1.807, 2.05) is 6.08 Å². The van der Waals surface area contributed by atoms with Gasteiger partial charge >= 0.3 is 0 Å². The van der Waals surface area contributed by atoms with Crippen molar-refractivity contribution in [3.63, 3.8) is 0 Å². The van der Waals surface area contributed by atoms with E-state index in [0.717, 1.165) is 5.56 Å². The Balaban J connectivity index is 2.51. The second kappa shape index (κ2) is 6.94. The molecule has 0 saturated carbocycles. The molecule has 0 fully saturated rings. The molecule has 2 aromatic rings. The highest BCUT2D eigenvalue weighted by atomic mass is 16.2. The quantitative estimate of drug-likeness (QED) is 0.740. The van der Waals surface area contributed by atoms with Crippen LogP contribution in [0.25, 0.3) is 17.2 Å². The summed E-state index contributed by atoms with van der Waals surface area (Å²) >= 11 is 0. The molecule has 2 aromatic carbocycles. The van der Waals surface area contributed by atoms with Gasteiger partial charge in [-0.05, 0) is 38.6 Å². The fourth-order valence-electron chi connectivity index (χ4n) is 2.64. The van der Waals surface area contributed by atoms with Crippen LogP contribution in [0, 0.1) is 0 Å². The van der Waals surface area contributed by atoms with Crippen LogP contribution in [0.3, 0.4) is 0 Å². The molecule has 0 aliphatic rings. The van der Waals surface area contributed by atoms with Crippen molar-refractivity contribution in [1.29, 1.82) is 0 Å². The lowest BCUT2D eigenvalue weighted by molar-refractivity contribution is 0.343. The molecule has 0 aromatic heterocycles. The van der Waals surface area contributed by atoms with Gasteiger partial charge in [-0.15, -0.1) is 0 Å². The maximum Gasteiger partial charge on any atom is 0.0615 e. The van der Waals surface area contributed by atoms with Gasteiger partial charge < -0.3 is 5.11 Å². The zero-order valence-electron chi connectivity index (χ0n) is 15.9. The number of aliphatic hydroxyl groups excluding tert-OH is 1. The summed E-state index contributed by atoms with van der Waals surface area (Å²) in [6.45, 7) is 13.7. The van der Waals surface area contributed by atoms with Crippen molar-refractivity contribution >= 4 is 6.08 Å². The van der Waals surface area contributed by atoms with Crippen LogP contribution in [0.1, 0.15) is 58.2 Å². The van der Waals surface area contributed by atoms with Gasteiger partial charge in [0.15, 0.2) is 0 Å². The molecule has 1 N–H and O–H groups in total. The van der Waals surface area contributed by atoms with Crippen molar-refractivity contribution in [2.75, 3.05) is 6.61 Å². The molecule has 0 aliphatic heterocycles. The molecule has 0 saturated heterocycles. The molecule has 0 amide bonds. The second-order valence-corrected chi connectivity index (χ2v) is 8.51. The first-order valence-electron chi connectivity index (χ1n) is 8.65. The molecule has 1 nitrogen and oxygen atoms in total. The second-order valence-electron chi connectivity index (χ2n) is 8.51. The molecule has 2 rings (SSSR count). The average molecular weight is 322 g/mol. The van der Waals surface area contributed by atoms with Gasteiger partial charge in [-0.1, -0.05) is 96.2 Å². The van der Waals surface area contributed by atoms with Gasteiger partial charge in [-0.3, -0.25) is 0 Å². The lowest BCUT2D eigenvalue weighted by atomic mass is 9.79. The van der Waals surface area contributed by atoms with E-state index in [-0.39, 0.29) is 17.4 Å². The highest BCUT2D eigenvalue weighted by Crippen LogP contribution is 2.34. The molecule has 128 valence electrons. The van der Waals surface area contributed by atoms with Crippen molar-refractivity contribution in [2.24, 2.45) is 0 Å². The standard InChI is InChI=1S/C23H30O/c1-22(2,3)20-14-19(15-21(16-20)23(4,5)6)18-11-9-17(10-12-18)8-7-13-24/h7-12,14-16,24H,13H2,1-6H3/b8-7+. The Hall–Kier alpha value is -1.86. The fourth-order valence-corrected chi connectivity index (χ4v) is 2.64. The summed E-state index contributed by atoms with van der Waals surface area (Å²) in [6.07, 6.45) is 3.70. The van der Waals surface area contributed by atoms with Crippen LogP contribution in [-0.4, -0.2) is 11.7 Å². The van der Waals surface area contributed by atoms with Gasteiger partial charge in [0.1, 0.15) is 0 Å². The normalized spacial score (nSPS) is 12.8. The minimum Gasteiger partial charge on any atom is -0.392 e. The molecule has 0 spiro atoms.